The van der Waals surface area contributed by atoms with Crippen LogP contribution < -0.4 is 4.74 Å². The molecule has 0 unspecified atom stereocenters. The second-order valence-corrected chi connectivity index (χ2v) is 5.37. The zero-order valence-corrected chi connectivity index (χ0v) is 12.8. The van der Waals surface area contributed by atoms with Gasteiger partial charge in [0.25, 0.3) is 0 Å². The van der Waals surface area contributed by atoms with Gasteiger partial charge in [-0.3, -0.25) is 4.79 Å². The maximum Gasteiger partial charge on any atom is 0.194 e. The summed E-state index contributed by atoms with van der Waals surface area (Å²) in [5, 5.41) is 0.366. The zero-order chi connectivity index (χ0) is 14.0. The Bertz CT molecular complexity index is 643. The van der Waals surface area contributed by atoms with Gasteiger partial charge < -0.3 is 4.74 Å². The maximum atomic E-state index is 13.0. The van der Waals surface area contributed by atoms with E-state index in [1.807, 2.05) is 22.6 Å². The first kappa shape index (κ1) is 14.3. The zero-order valence-electron chi connectivity index (χ0n) is 9.91. The molecule has 0 atom stereocenters. The number of carbonyl (C=O) groups excluding carboxylic acids is 1. The highest BCUT2D eigenvalue weighted by molar-refractivity contribution is 14.1. The molecule has 98 valence electrons. The van der Waals surface area contributed by atoms with Crippen molar-refractivity contribution in [2.75, 3.05) is 7.11 Å². The summed E-state index contributed by atoms with van der Waals surface area (Å²) in [4.78, 5) is 12.3. The van der Waals surface area contributed by atoms with E-state index >= 15 is 0 Å². The Kier molecular flexibility index (Phi) is 4.42. The molecule has 0 aliphatic heterocycles. The Morgan fingerprint density at radius 1 is 1.26 bits per heavy atom. The van der Waals surface area contributed by atoms with Gasteiger partial charge in [-0.25, -0.2) is 4.39 Å². The summed E-state index contributed by atoms with van der Waals surface area (Å²) in [6.45, 7) is 0. The Labute approximate surface area is 128 Å². The van der Waals surface area contributed by atoms with E-state index in [0.717, 1.165) is 0 Å². The molecule has 2 rings (SSSR count). The van der Waals surface area contributed by atoms with Gasteiger partial charge in [-0.1, -0.05) is 11.6 Å². The molecule has 2 nitrogen and oxygen atoms in total. The number of benzene rings is 2. The van der Waals surface area contributed by atoms with Crippen molar-refractivity contribution in [2.24, 2.45) is 0 Å². The van der Waals surface area contributed by atoms with Gasteiger partial charge in [-0.2, -0.15) is 0 Å². The summed E-state index contributed by atoms with van der Waals surface area (Å²) >= 11 is 7.92. The minimum atomic E-state index is -0.367. The summed E-state index contributed by atoms with van der Waals surface area (Å²) in [6.07, 6.45) is 0. The van der Waals surface area contributed by atoms with Crippen LogP contribution in [0.4, 0.5) is 4.39 Å². The van der Waals surface area contributed by atoms with Gasteiger partial charge in [-0.15, -0.1) is 0 Å². The Morgan fingerprint density at radius 3 is 2.58 bits per heavy atom. The van der Waals surface area contributed by atoms with Gasteiger partial charge in [-0.05, 0) is 59.0 Å². The SMILES string of the molecule is COc1ccc(C(=O)c2ccc(F)cc2I)cc1Cl. The van der Waals surface area contributed by atoms with Gasteiger partial charge in [0.2, 0.25) is 0 Å². The highest BCUT2D eigenvalue weighted by Crippen LogP contribution is 2.27. The minimum absolute atomic E-state index is 0.200. The molecule has 0 saturated heterocycles. The van der Waals surface area contributed by atoms with Crippen molar-refractivity contribution in [3.8, 4) is 5.75 Å². The van der Waals surface area contributed by atoms with E-state index in [1.165, 1.54) is 25.3 Å². The van der Waals surface area contributed by atoms with E-state index in [0.29, 0.717) is 25.5 Å². The molecule has 2 aromatic carbocycles. The molecule has 0 heterocycles. The number of halogens is 3. The van der Waals surface area contributed by atoms with Crippen LogP contribution in [0.5, 0.6) is 5.75 Å². The largest absolute Gasteiger partial charge is 0.495 e. The Morgan fingerprint density at radius 2 is 2.00 bits per heavy atom. The van der Waals surface area contributed by atoms with E-state index in [1.54, 1.807) is 18.2 Å². The molecule has 0 aliphatic rings. The van der Waals surface area contributed by atoms with E-state index in [4.69, 9.17) is 16.3 Å². The molecule has 0 saturated carbocycles. The van der Waals surface area contributed by atoms with Crippen LogP contribution in [-0.4, -0.2) is 12.9 Å². The number of ketones is 1. The molecule has 5 heteroatoms. The highest BCUT2D eigenvalue weighted by atomic mass is 127. The van der Waals surface area contributed by atoms with Gasteiger partial charge >= 0.3 is 0 Å². The van der Waals surface area contributed by atoms with Crippen LogP contribution in [0.3, 0.4) is 0 Å². The lowest BCUT2D eigenvalue weighted by Gasteiger charge is -2.07. The molecule has 0 spiro atoms. The van der Waals surface area contributed by atoms with Crippen molar-refractivity contribution >= 4 is 40.0 Å². The average Bonchev–Trinajstić information content (AvgIpc) is 2.38. The molecule has 2 aromatic rings. The number of hydrogen-bond acceptors (Lipinski definition) is 2. The molecule has 0 N–H and O–H groups in total. The van der Waals surface area contributed by atoms with Gasteiger partial charge in [0.05, 0.1) is 12.1 Å². The number of methoxy groups -OCH3 is 1. The van der Waals surface area contributed by atoms with Crippen molar-refractivity contribution in [3.05, 3.63) is 61.9 Å². The Balaban J connectivity index is 2.41. The summed E-state index contributed by atoms with van der Waals surface area (Å²) in [6, 6.07) is 8.86. The summed E-state index contributed by atoms with van der Waals surface area (Å²) in [5.41, 5.74) is 0.888. The van der Waals surface area contributed by atoms with Crippen LogP contribution in [-0.2, 0) is 0 Å². The normalized spacial score (nSPS) is 10.3. The molecule has 19 heavy (non-hydrogen) atoms. The molecule has 0 fully saturated rings. The summed E-state index contributed by atoms with van der Waals surface area (Å²) < 4.78 is 18.6. The monoisotopic (exact) mass is 390 g/mol. The smallest absolute Gasteiger partial charge is 0.194 e. The molecule has 0 amide bonds. The van der Waals surface area contributed by atoms with E-state index in [2.05, 4.69) is 0 Å². The fourth-order valence-electron chi connectivity index (χ4n) is 1.64. The van der Waals surface area contributed by atoms with Crippen LogP contribution in [0.25, 0.3) is 0 Å². The predicted octanol–water partition coefficient (Wildman–Crippen LogP) is 4.32. The quantitative estimate of drug-likeness (QED) is 0.576. The van der Waals surface area contributed by atoms with Gasteiger partial charge in [0.1, 0.15) is 11.6 Å². The minimum Gasteiger partial charge on any atom is -0.495 e. The van der Waals surface area contributed by atoms with Crippen molar-refractivity contribution in [3.63, 3.8) is 0 Å². The van der Waals surface area contributed by atoms with Crippen LogP contribution in [0.15, 0.2) is 36.4 Å². The molecular formula is C14H9ClFIO2. The van der Waals surface area contributed by atoms with Crippen LogP contribution >= 0.6 is 34.2 Å². The first-order valence-electron chi connectivity index (χ1n) is 5.36. The number of rotatable bonds is 3. The third kappa shape index (κ3) is 3.06. The van der Waals surface area contributed by atoms with Crippen molar-refractivity contribution < 1.29 is 13.9 Å². The van der Waals surface area contributed by atoms with E-state index in [-0.39, 0.29) is 11.6 Å². The van der Waals surface area contributed by atoms with Crippen molar-refractivity contribution in [1.82, 2.24) is 0 Å². The summed E-state index contributed by atoms with van der Waals surface area (Å²) in [5.74, 6) is -0.0605. The van der Waals surface area contributed by atoms with Crippen LogP contribution in [0, 0.1) is 9.39 Å². The van der Waals surface area contributed by atoms with E-state index in [9.17, 15) is 9.18 Å². The lowest BCUT2D eigenvalue weighted by atomic mass is 10.0. The number of hydrogen-bond donors (Lipinski definition) is 0. The van der Waals surface area contributed by atoms with Crippen molar-refractivity contribution in [2.45, 2.75) is 0 Å². The molecule has 0 radical (unpaired) electrons. The topological polar surface area (TPSA) is 26.3 Å². The van der Waals surface area contributed by atoms with Gasteiger partial charge in [0.15, 0.2) is 5.78 Å². The third-order valence-corrected chi connectivity index (χ3v) is 3.78. The standard InChI is InChI=1S/C14H9ClFIO2/c1-19-13-5-2-8(6-11(13)15)14(18)10-4-3-9(16)7-12(10)17/h2-7H,1H3. The number of ether oxygens (including phenoxy) is 1. The highest BCUT2D eigenvalue weighted by Gasteiger charge is 2.14. The maximum absolute atomic E-state index is 13.0. The molecule has 0 bridgehead atoms. The first-order valence-corrected chi connectivity index (χ1v) is 6.82. The fraction of sp³-hybridized carbons (Fsp3) is 0.0714. The number of carbonyl (C=O) groups is 1. The molecule has 0 aromatic heterocycles. The van der Waals surface area contributed by atoms with Crippen molar-refractivity contribution in [1.29, 1.82) is 0 Å². The lowest BCUT2D eigenvalue weighted by Crippen LogP contribution is -2.04. The fourth-order valence-corrected chi connectivity index (χ4v) is 2.62. The third-order valence-electron chi connectivity index (χ3n) is 2.59. The molecule has 0 aliphatic carbocycles. The average molecular weight is 391 g/mol. The second kappa shape index (κ2) is 5.88. The van der Waals surface area contributed by atoms with Crippen LogP contribution in [0.2, 0.25) is 5.02 Å². The predicted molar refractivity (Wildman–Crippen MR) is 80.6 cm³/mol. The lowest BCUT2D eigenvalue weighted by molar-refractivity contribution is 0.103. The molecular weight excluding hydrogens is 382 g/mol. The summed E-state index contributed by atoms with van der Waals surface area (Å²) in [7, 11) is 1.51. The van der Waals surface area contributed by atoms with Crippen LogP contribution in [0.1, 0.15) is 15.9 Å². The van der Waals surface area contributed by atoms with Gasteiger partial charge in [0, 0.05) is 14.7 Å². The Hall–Kier alpha value is -1.14. The van der Waals surface area contributed by atoms with E-state index < -0.39 is 0 Å². The second-order valence-electron chi connectivity index (χ2n) is 3.80. The first-order chi connectivity index (χ1) is 9.02.